The third-order valence-corrected chi connectivity index (χ3v) is 8.22. The van der Waals surface area contributed by atoms with Crippen molar-refractivity contribution in [3.05, 3.63) is 89.6 Å². The van der Waals surface area contributed by atoms with Crippen LogP contribution >= 0.6 is 0 Å². The number of hydrogen-bond acceptors (Lipinski definition) is 5. The third kappa shape index (κ3) is 5.64. The summed E-state index contributed by atoms with van der Waals surface area (Å²) >= 11 is 0. The van der Waals surface area contributed by atoms with E-state index in [0.717, 1.165) is 39.6 Å². The standard InChI is InChI=1S/C30H29N3O5S/c1-20-24(9-6-10-27(20)31-29(35)19-38-23-7-4-3-5-8-23)25-12-11-22(18-34)30-26(25)17-28(32-30)21-13-15-33(16-14-21)39(2,36)37/h3-13,17-18,32H,14-16,19H2,1-2H3,(H,31,35). The summed E-state index contributed by atoms with van der Waals surface area (Å²) in [6.07, 6.45) is 4.52. The second-order valence-electron chi connectivity index (χ2n) is 9.52. The molecule has 5 rings (SSSR count). The molecule has 4 aromatic rings. The van der Waals surface area contributed by atoms with Gasteiger partial charge < -0.3 is 15.0 Å². The Morgan fingerprint density at radius 2 is 1.87 bits per heavy atom. The largest absolute Gasteiger partial charge is 0.484 e. The summed E-state index contributed by atoms with van der Waals surface area (Å²) in [5.41, 5.74) is 6.51. The molecule has 2 heterocycles. The van der Waals surface area contributed by atoms with Gasteiger partial charge in [-0.15, -0.1) is 0 Å². The van der Waals surface area contributed by atoms with Gasteiger partial charge in [0.25, 0.3) is 5.91 Å². The summed E-state index contributed by atoms with van der Waals surface area (Å²) in [5.74, 6) is 0.355. The number of carbonyl (C=O) groups excluding carboxylic acids is 2. The molecule has 1 amide bonds. The van der Waals surface area contributed by atoms with Crippen LogP contribution in [0, 0.1) is 6.92 Å². The molecule has 0 atom stereocenters. The van der Waals surface area contributed by atoms with Gasteiger partial charge in [-0.1, -0.05) is 42.5 Å². The fourth-order valence-electron chi connectivity index (χ4n) is 4.86. The number of hydrogen-bond donors (Lipinski definition) is 2. The van der Waals surface area contributed by atoms with Crippen LogP contribution in [0.3, 0.4) is 0 Å². The van der Waals surface area contributed by atoms with E-state index in [1.807, 2.05) is 61.5 Å². The minimum absolute atomic E-state index is 0.112. The van der Waals surface area contributed by atoms with E-state index in [1.54, 1.807) is 18.2 Å². The Labute approximate surface area is 227 Å². The number of anilines is 1. The molecule has 3 aromatic carbocycles. The van der Waals surface area contributed by atoms with E-state index < -0.39 is 10.0 Å². The van der Waals surface area contributed by atoms with Crippen LogP contribution in [0.1, 0.15) is 28.0 Å². The summed E-state index contributed by atoms with van der Waals surface area (Å²) in [4.78, 5) is 27.9. The number of aldehydes is 1. The summed E-state index contributed by atoms with van der Waals surface area (Å²) in [5, 5.41) is 3.82. The SMILES string of the molecule is Cc1c(NC(=O)COc2ccccc2)cccc1-c1ccc(C=O)c2[nH]c(C3=CCN(S(C)(=O)=O)CC3)cc12. The van der Waals surface area contributed by atoms with E-state index in [4.69, 9.17) is 4.74 Å². The quantitative estimate of drug-likeness (QED) is 0.303. The number of carbonyl (C=O) groups is 2. The van der Waals surface area contributed by atoms with Crippen molar-refractivity contribution < 1.29 is 22.7 Å². The summed E-state index contributed by atoms with van der Waals surface area (Å²) in [7, 11) is -3.25. The van der Waals surface area contributed by atoms with Crippen molar-refractivity contribution in [3.63, 3.8) is 0 Å². The molecule has 0 saturated carbocycles. The zero-order valence-corrected chi connectivity index (χ0v) is 22.5. The number of ether oxygens (including phenoxy) is 1. The van der Waals surface area contributed by atoms with E-state index in [9.17, 15) is 18.0 Å². The predicted octanol–water partition coefficient (Wildman–Crippen LogP) is 5.02. The molecule has 2 N–H and O–H groups in total. The third-order valence-electron chi connectivity index (χ3n) is 6.95. The van der Waals surface area contributed by atoms with E-state index in [0.29, 0.717) is 42.0 Å². The van der Waals surface area contributed by atoms with Crippen LogP contribution in [0.4, 0.5) is 5.69 Å². The number of nitrogens with one attached hydrogen (secondary N) is 2. The zero-order chi connectivity index (χ0) is 27.6. The summed E-state index contributed by atoms with van der Waals surface area (Å²) < 4.78 is 30.8. The van der Waals surface area contributed by atoms with Crippen molar-refractivity contribution >= 4 is 44.4 Å². The highest BCUT2D eigenvalue weighted by Crippen LogP contribution is 2.37. The Morgan fingerprint density at radius 1 is 1.08 bits per heavy atom. The van der Waals surface area contributed by atoms with Crippen molar-refractivity contribution in [2.24, 2.45) is 0 Å². The Bertz CT molecular complexity index is 1690. The molecular formula is C30H29N3O5S. The van der Waals surface area contributed by atoms with Crippen molar-refractivity contribution in [2.75, 3.05) is 31.3 Å². The fourth-order valence-corrected chi connectivity index (χ4v) is 5.63. The number of nitrogens with zero attached hydrogens (tertiary/aromatic N) is 1. The van der Waals surface area contributed by atoms with E-state index >= 15 is 0 Å². The molecule has 0 unspecified atom stereocenters. The van der Waals surface area contributed by atoms with Crippen molar-refractivity contribution in [3.8, 4) is 16.9 Å². The molecule has 9 heteroatoms. The first-order chi connectivity index (χ1) is 18.7. The number of para-hydroxylation sites is 1. The number of aromatic amines is 1. The lowest BCUT2D eigenvalue weighted by Gasteiger charge is -2.23. The lowest BCUT2D eigenvalue weighted by atomic mass is 9.94. The summed E-state index contributed by atoms with van der Waals surface area (Å²) in [6, 6.07) is 20.6. The van der Waals surface area contributed by atoms with Gasteiger partial charge in [-0.25, -0.2) is 8.42 Å². The molecule has 1 aliphatic rings. The maximum Gasteiger partial charge on any atom is 0.262 e. The second kappa shape index (κ2) is 10.9. The minimum Gasteiger partial charge on any atom is -0.484 e. The lowest BCUT2D eigenvalue weighted by molar-refractivity contribution is -0.118. The molecule has 8 nitrogen and oxygen atoms in total. The van der Waals surface area contributed by atoms with Crippen LogP contribution in [0.5, 0.6) is 5.75 Å². The van der Waals surface area contributed by atoms with E-state index in [2.05, 4.69) is 10.3 Å². The molecule has 0 bridgehead atoms. The molecule has 0 fully saturated rings. The Hall–Kier alpha value is -4.21. The first-order valence-electron chi connectivity index (χ1n) is 12.6. The molecular weight excluding hydrogens is 514 g/mol. The average Bonchev–Trinajstić information content (AvgIpc) is 3.39. The monoisotopic (exact) mass is 543 g/mol. The Balaban J connectivity index is 1.45. The molecule has 1 aliphatic heterocycles. The number of rotatable bonds is 8. The number of H-pyrrole nitrogens is 1. The maximum atomic E-state index is 12.6. The van der Waals surface area contributed by atoms with Gasteiger partial charge in [0.2, 0.25) is 10.0 Å². The molecule has 0 aliphatic carbocycles. The van der Waals surface area contributed by atoms with Gasteiger partial charge in [0, 0.05) is 35.4 Å². The first-order valence-corrected chi connectivity index (χ1v) is 14.4. The van der Waals surface area contributed by atoms with Gasteiger partial charge in [-0.2, -0.15) is 4.31 Å². The zero-order valence-electron chi connectivity index (χ0n) is 21.7. The van der Waals surface area contributed by atoms with Crippen molar-refractivity contribution in [1.82, 2.24) is 9.29 Å². The fraction of sp³-hybridized carbons (Fsp3) is 0.200. The highest BCUT2D eigenvalue weighted by molar-refractivity contribution is 7.88. The van der Waals surface area contributed by atoms with Gasteiger partial charge in [-0.05, 0) is 65.9 Å². The van der Waals surface area contributed by atoms with Gasteiger partial charge in [0.05, 0.1) is 11.8 Å². The smallest absolute Gasteiger partial charge is 0.262 e. The van der Waals surface area contributed by atoms with Crippen molar-refractivity contribution in [1.29, 1.82) is 0 Å². The first kappa shape index (κ1) is 26.4. The highest BCUT2D eigenvalue weighted by Gasteiger charge is 2.22. The average molecular weight is 544 g/mol. The molecule has 0 saturated heterocycles. The van der Waals surface area contributed by atoms with E-state index in [-0.39, 0.29) is 12.5 Å². The van der Waals surface area contributed by atoms with Crippen LogP contribution in [0.15, 0.2) is 72.8 Å². The van der Waals surface area contributed by atoms with Crippen molar-refractivity contribution in [2.45, 2.75) is 13.3 Å². The Morgan fingerprint density at radius 3 is 2.56 bits per heavy atom. The minimum atomic E-state index is -3.25. The summed E-state index contributed by atoms with van der Waals surface area (Å²) in [6.45, 7) is 2.55. The van der Waals surface area contributed by atoms with Crippen LogP contribution in [-0.4, -0.2) is 55.9 Å². The number of benzene rings is 3. The normalized spacial score (nSPS) is 14.2. The number of amides is 1. The molecule has 0 spiro atoms. The van der Waals surface area contributed by atoms with Crippen LogP contribution < -0.4 is 10.1 Å². The topological polar surface area (TPSA) is 109 Å². The molecule has 0 radical (unpaired) electrons. The molecule has 200 valence electrons. The lowest BCUT2D eigenvalue weighted by Crippen LogP contribution is -2.33. The van der Waals surface area contributed by atoms with Crippen LogP contribution in [0.25, 0.3) is 27.6 Å². The predicted molar refractivity (Wildman–Crippen MR) is 153 cm³/mol. The number of aromatic nitrogens is 1. The molecule has 39 heavy (non-hydrogen) atoms. The van der Waals surface area contributed by atoms with Gasteiger partial charge in [0.15, 0.2) is 12.9 Å². The Kier molecular flexibility index (Phi) is 7.36. The van der Waals surface area contributed by atoms with Gasteiger partial charge >= 0.3 is 0 Å². The van der Waals surface area contributed by atoms with E-state index in [1.165, 1.54) is 10.6 Å². The van der Waals surface area contributed by atoms with Crippen LogP contribution in [0.2, 0.25) is 0 Å². The van der Waals surface area contributed by atoms with Gasteiger partial charge in [0.1, 0.15) is 5.75 Å². The second-order valence-corrected chi connectivity index (χ2v) is 11.5. The number of fused-ring (bicyclic) bond motifs is 1. The highest BCUT2D eigenvalue weighted by atomic mass is 32.2. The maximum absolute atomic E-state index is 12.6. The van der Waals surface area contributed by atoms with Crippen LogP contribution in [-0.2, 0) is 14.8 Å². The molecule has 1 aromatic heterocycles. The van der Waals surface area contributed by atoms with Gasteiger partial charge in [-0.3, -0.25) is 9.59 Å². The number of sulfonamides is 1.